The number of hydrogen-bond donors (Lipinski definition) is 2. The van der Waals surface area contributed by atoms with E-state index in [1.807, 2.05) is 0 Å². The first kappa shape index (κ1) is 45.6. The van der Waals surface area contributed by atoms with Crippen molar-refractivity contribution < 1.29 is 47.6 Å². The molecule has 0 bridgehead atoms. The fraction of sp³-hybridized carbons (Fsp3) is 0.154. The number of nitrogens with zero attached hydrogens (tertiary/aromatic N) is 4. The minimum absolute atomic E-state index is 0.0263. The molecule has 69 heavy (non-hydrogen) atoms. The van der Waals surface area contributed by atoms with Gasteiger partial charge in [-0.05, 0) is 34.4 Å². The standard InChI is InChI=1S/C52H37N5O10S2/c53-25-37(26-54)56-50-57-45-43(69-50)39-22-36-23-40-38(42(68)44(55)51(66-40,46(58)62-27-31-13-5-1-6-14-31)47(59)63-28-32-15-7-2-8-16-32)21-35(36)24-41(39)67-52(45,48(60)64-29-33-17-9-3-10-18-33)49(61)65-30-34-19-11-4-12-20-34/h1-24,35-36,68H,27-30,55H2. The van der Waals surface area contributed by atoms with Crippen molar-refractivity contribution in [3.63, 3.8) is 0 Å². The SMILES string of the molecule is N#CC(C#N)=Nc1nc2c(s1)C1=CC3C=C4OC(C(=O)OCc5ccccc5)(C(=O)OCc5ccccc5)C(N)=C(S)C4=CC3C=C1OC2(C(=O)OCc1ccccc1)C(=O)OCc1ccccc1. The minimum atomic E-state index is -2.67. The highest BCUT2D eigenvalue weighted by Gasteiger charge is 2.62. The first-order valence-corrected chi connectivity index (χ1v) is 22.5. The van der Waals surface area contributed by atoms with E-state index in [1.165, 1.54) is 0 Å². The quantitative estimate of drug-likeness (QED) is 0.0380. The zero-order chi connectivity index (χ0) is 48.1. The van der Waals surface area contributed by atoms with Crippen molar-refractivity contribution in [1.29, 1.82) is 10.5 Å². The highest BCUT2D eigenvalue weighted by atomic mass is 32.1. The molecule has 3 heterocycles. The van der Waals surface area contributed by atoms with Crippen molar-refractivity contribution in [2.24, 2.45) is 22.6 Å². The van der Waals surface area contributed by atoms with E-state index in [0.29, 0.717) is 33.4 Å². The van der Waals surface area contributed by atoms with Crippen LogP contribution in [0.5, 0.6) is 0 Å². The van der Waals surface area contributed by atoms with Crippen LogP contribution in [0.25, 0.3) is 5.57 Å². The van der Waals surface area contributed by atoms with Gasteiger partial charge in [0, 0.05) is 27.9 Å². The molecule has 0 radical (unpaired) electrons. The number of aliphatic imine (C=N–C) groups is 1. The number of allylic oxidation sites excluding steroid dienone is 6. The number of fused-ring (bicyclic) bond motifs is 5. The average molecular weight is 956 g/mol. The zero-order valence-corrected chi connectivity index (χ0v) is 37.9. The molecular weight excluding hydrogens is 919 g/mol. The number of thiazole rings is 1. The molecule has 2 unspecified atom stereocenters. The van der Waals surface area contributed by atoms with Gasteiger partial charge in [0.15, 0.2) is 0 Å². The summed E-state index contributed by atoms with van der Waals surface area (Å²) >= 11 is 5.67. The lowest BCUT2D eigenvalue weighted by Crippen LogP contribution is -2.56. The predicted molar refractivity (Wildman–Crippen MR) is 251 cm³/mol. The number of aromatic nitrogens is 1. The maximum absolute atomic E-state index is 14.7. The third-order valence-corrected chi connectivity index (χ3v) is 12.9. The van der Waals surface area contributed by atoms with Crippen molar-refractivity contribution in [2.45, 2.75) is 37.6 Å². The van der Waals surface area contributed by atoms with Crippen LogP contribution in [0.3, 0.4) is 0 Å². The number of benzene rings is 4. The summed E-state index contributed by atoms with van der Waals surface area (Å²) in [6.45, 7) is -0.932. The third-order valence-electron chi connectivity index (χ3n) is 11.4. The number of ether oxygens (including phenoxy) is 6. The molecule has 5 aromatic rings. The summed E-state index contributed by atoms with van der Waals surface area (Å²) in [6.07, 6.45) is 6.84. The normalized spacial score (nSPS) is 17.7. The number of rotatable bonds is 13. The lowest BCUT2D eigenvalue weighted by molar-refractivity contribution is -0.190. The Morgan fingerprint density at radius 3 is 1.41 bits per heavy atom. The van der Waals surface area contributed by atoms with Crippen LogP contribution in [0.4, 0.5) is 5.13 Å². The number of esters is 4. The number of thiol groups is 1. The molecule has 0 spiro atoms. The van der Waals surface area contributed by atoms with Crippen LogP contribution in [0.1, 0.15) is 32.8 Å². The smallest absolute Gasteiger partial charge is 0.369 e. The average Bonchev–Trinajstić information content (AvgIpc) is 3.83. The lowest BCUT2D eigenvalue weighted by Gasteiger charge is -2.41. The zero-order valence-electron chi connectivity index (χ0n) is 36.1. The van der Waals surface area contributed by atoms with Crippen LogP contribution in [-0.2, 0) is 79.6 Å². The molecule has 9 rings (SSSR count). The topological polar surface area (TPSA) is 223 Å². The van der Waals surface area contributed by atoms with Crippen molar-refractivity contribution in [3.8, 4) is 12.1 Å². The van der Waals surface area contributed by atoms with Crippen molar-refractivity contribution in [3.05, 3.63) is 206 Å². The van der Waals surface area contributed by atoms with Crippen molar-refractivity contribution >= 4 is 64.3 Å². The van der Waals surface area contributed by atoms with E-state index < -0.39 is 52.6 Å². The van der Waals surface area contributed by atoms with Crippen LogP contribution in [0.2, 0.25) is 0 Å². The Bertz CT molecular complexity index is 3020. The number of hydrogen-bond acceptors (Lipinski definition) is 17. The van der Waals surface area contributed by atoms with E-state index in [4.69, 9.17) is 46.8 Å². The van der Waals surface area contributed by atoms with Gasteiger partial charge < -0.3 is 34.2 Å². The molecule has 0 amide bonds. The van der Waals surface area contributed by atoms with Gasteiger partial charge in [-0.1, -0.05) is 145 Å². The Hall–Kier alpha value is -8.51. The van der Waals surface area contributed by atoms with Gasteiger partial charge in [0.2, 0.25) is 10.8 Å². The van der Waals surface area contributed by atoms with Gasteiger partial charge in [0.05, 0.1) is 10.6 Å². The maximum atomic E-state index is 14.7. The minimum Gasteiger partial charge on any atom is -0.458 e. The summed E-state index contributed by atoms with van der Waals surface area (Å²) in [5.41, 5.74) is 3.45. The Kier molecular flexibility index (Phi) is 12.8. The summed E-state index contributed by atoms with van der Waals surface area (Å²) in [5.74, 6) is -5.66. The van der Waals surface area contributed by atoms with E-state index in [2.05, 4.69) is 9.98 Å². The van der Waals surface area contributed by atoms with E-state index in [0.717, 1.165) is 11.3 Å². The van der Waals surface area contributed by atoms with Gasteiger partial charge in [-0.3, -0.25) is 0 Å². The summed E-state index contributed by atoms with van der Waals surface area (Å²) in [5, 5.41) is 19.1. The molecule has 15 nitrogen and oxygen atoms in total. The van der Waals surface area contributed by atoms with Crippen LogP contribution in [0, 0.1) is 34.5 Å². The van der Waals surface area contributed by atoms with Gasteiger partial charge in [-0.2, -0.15) is 15.5 Å². The first-order chi connectivity index (χ1) is 33.5. The third kappa shape index (κ3) is 8.80. The van der Waals surface area contributed by atoms with Crippen LogP contribution < -0.4 is 5.73 Å². The molecule has 4 aliphatic rings. The Labute approximate surface area is 404 Å². The van der Waals surface area contributed by atoms with Crippen LogP contribution in [-0.4, -0.2) is 40.2 Å². The van der Waals surface area contributed by atoms with Gasteiger partial charge in [0.1, 0.15) is 55.8 Å². The second-order valence-electron chi connectivity index (χ2n) is 15.8. The molecule has 2 atom stereocenters. The fourth-order valence-corrected chi connectivity index (χ4v) is 9.28. The van der Waals surface area contributed by atoms with Crippen molar-refractivity contribution in [1.82, 2.24) is 4.98 Å². The van der Waals surface area contributed by atoms with E-state index in [9.17, 15) is 29.7 Å². The molecule has 2 aliphatic carbocycles. The van der Waals surface area contributed by atoms with Crippen LogP contribution >= 0.6 is 24.0 Å². The van der Waals surface area contributed by atoms with E-state index in [-0.39, 0.29) is 64.3 Å². The first-order valence-electron chi connectivity index (χ1n) is 21.2. The van der Waals surface area contributed by atoms with Crippen molar-refractivity contribution in [2.75, 3.05) is 0 Å². The fourth-order valence-electron chi connectivity index (χ4n) is 7.92. The summed E-state index contributed by atoms with van der Waals surface area (Å²) < 4.78 is 36.1. The monoisotopic (exact) mass is 955 g/mol. The Morgan fingerprint density at radius 2 is 0.986 bits per heavy atom. The number of nitriles is 2. The van der Waals surface area contributed by atoms with Gasteiger partial charge in [-0.15, -0.1) is 12.6 Å². The predicted octanol–water partition coefficient (Wildman–Crippen LogP) is 7.67. The van der Waals surface area contributed by atoms with Gasteiger partial charge in [0.25, 0.3) is 0 Å². The van der Waals surface area contributed by atoms with E-state index >= 15 is 0 Å². The number of carbonyl (C=O) groups excluding carboxylic acids is 4. The second-order valence-corrected chi connectivity index (χ2v) is 17.2. The molecule has 0 saturated heterocycles. The highest BCUT2D eigenvalue weighted by molar-refractivity contribution is 7.84. The molecule has 0 saturated carbocycles. The largest absolute Gasteiger partial charge is 0.458 e. The molecule has 4 aromatic carbocycles. The number of nitrogens with two attached hydrogens (primary N) is 1. The number of carbonyl (C=O) groups is 4. The molecule has 1 aromatic heterocycles. The maximum Gasteiger partial charge on any atom is 0.369 e. The van der Waals surface area contributed by atoms with Gasteiger partial charge in [-0.25, -0.2) is 24.2 Å². The molecule has 17 heteroatoms. The molecule has 342 valence electrons. The molecule has 2 aliphatic heterocycles. The van der Waals surface area contributed by atoms with Crippen LogP contribution in [0.15, 0.2) is 178 Å². The molecular formula is C52H37N5O10S2. The Balaban J connectivity index is 1.13. The lowest BCUT2D eigenvalue weighted by atomic mass is 9.76. The second kappa shape index (κ2) is 19.4. The summed E-state index contributed by atoms with van der Waals surface area (Å²) in [4.78, 5) is 66.9. The summed E-state index contributed by atoms with van der Waals surface area (Å²) in [7, 11) is 0. The van der Waals surface area contributed by atoms with E-state index in [1.54, 1.807) is 158 Å². The summed E-state index contributed by atoms with van der Waals surface area (Å²) in [6, 6.07) is 38.7. The highest BCUT2D eigenvalue weighted by Crippen LogP contribution is 2.54. The molecule has 2 N–H and O–H groups in total. The van der Waals surface area contributed by atoms with Gasteiger partial charge >= 0.3 is 35.1 Å². The Morgan fingerprint density at radius 1 is 0.609 bits per heavy atom. The molecule has 0 fully saturated rings.